The van der Waals surface area contributed by atoms with Gasteiger partial charge in [0.05, 0.1) is 5.69 Å². The third kappa shape index (κ3) is 3.24. The molecule has 0 saturated carbocycles. The lowest BCUT2D eigenvalue weighted by Crippen LogP contribution is -2.36. The Labute approximate surface area is 166 Å². The molecule has 1 N–H and O–H groups in total. The Hall–Kier alpha value is -2.88. The molecule has 0 bridgehead atoms. The van der Waals surface area contributed by atoms with Crippen molar-refractivity contribution in [2.24, 2.45) is 10.9 Å². The molecule has 2 aromatic carbocycles. The van der Waals surface area contributed by atoms with Gasteiger partial charge >= 0.3 is 0 Å². The maximum absolute atomic E-state index is 12.2. The number of benzene rings is 2. The molecule has 4 nitrogen and oxygen atoms in total. The lowest BCUT2D eigenvalue weighted by atomic mass is 9.82. The van der Waals surface area contributed by atoms with E-state index in [2.05, 4.69) is 33.4 Å². The average molecular weight is 371 g/mol. The Kier molecular flexibility index (Phi) is 4.47. The monoisotopic (exact) mass is 371 g/mol. The first-order valence-corrected chi connectivity index (χ1v) is 10.3. The van der Waals surface area contributed by atoms with Crippen LogP contribution in [0.1, 0.15) is 37.2 Å². The molecule has 28 heavy (non-hydrogen) atoms. The van der Waals surface area contributed by atoms with E-state index in [1.165, 1.54) is 31.4 Å². The number of aliphatic imine (C=N–C) groups is 1. The van der Waals surface area contributed by atoms with E-state index in [-0.39, 0.29) is 11.8 Å². The number of anilines is 2. The summed E-state index contributed by atoms with van der Waals surface area (Å²) >= 11 is 0. The largest absolute Gasteiger partial charge is 0.368 e. The number of carbonyl (C=O) groups excluding carboxylic acids is 1. The summed E-state index contributed by atoms with van der Waals surface area (Å²) < 4.78 is 0. The van der Waals surface area contributed by atoms with Gasteiger partial charge in [0, 0.05) is 30.7 Å². The number of hydrogen-bond acceptors (Lipinski definition) is 3. The number of nitrogens with zero attached hydrogens (tertiary/aromatic N) is 2. The van der Waals surface area contributed by atoms with Crippen molar-refractivity contribution in [3.05, 3.63) is 65.7 Å². The number of fused-ring (bicyclic) bond motifs is 2. The summed E-state index contributed by atoms with van der Waals surface area (Å²) in [7, 11) is 0. The molecular weight excluding hydrogens is 346 g/mol. The third-order valence-corrected chi connectivity index (χ3v) is 6.23. The molecule has 1 saturated heterocycles. The molecule has 5 rings (SSSR count). The molecule has 2 aromatic rings. The number of hydrogen-bond donors (Lipinski definition) is 1. The van der Waals surface area contributed by atoms with E-state index in [9.17, 15) is 4.79 Å². The minimum absolute atomic E-state index is 0.00908. The molecule has 1 fully saturated rings. The predicted octanol–water partition coefficient (Wildman–Crippen LogP) is 5.06. The molecule has 3 aliphatic rings. The second kappa shape index (κ2) is 7.27. The van der Waals surface area contributed by atoms with Gasteiger partial charge in [-0.15, -0.1) is 0 Å². The van der Waals surface area contributed by atoms with E-state index in [4.69, 9.17) is 0 Å². The van der Waals surface area contributed by atoms with Crippen molar-refractivity contribution < 1.29 is 4.79 Å². The highest BCUT2D eigenvalue weighted by Crippen LogP contribution is 2.35. The molecule has 0 radical (unpaired) electrons. The Balaban J connectivity index is 1.29. The van der Waals surface area contributed by atoms with Gasteiger partial charge in [0.2, 0.25) is 5.91 Å². The smallest absolute Gasteiger partial charge is 0.237 e. The predicted molar refractivity (Wildman–Crippen MR) is 115 cm³/mol. The first-order chi connectivity index (χ1) is 13.8. The molecule has 0 aromatic heterocycles. The van der Waals surface area contributed by atoms with Crippen molar-refractivity contribution in [1.29, 1.82) is 0 Å². The van der Waals surface area contributed by atoms with E-state index >= 15 is 0 Å². The molecule has 4 heteroatoms. The van der Waals surface area contributed by atoms with Crippen LogP contribution in [0.25, 0.3) is 0 Å². The van der Waals surface area contributed by atoms with Gasteiger partial charge in [-0.05, 0) is 67.5 Å². The highest BCUT2D eigenvalue weighted by atomic mass is 16.2. The summed E-state index contributed by atoms with van der Waals surface area (Å²) in [5.74, 6) is 0.493. The fourth-order valence-electron chi connectivity index (χ4n) is 4.65. The lowest BCUT2D eigenvalue weighted by molar-refractivity contribution is -0.115. The molecule has 2 aliphatic heterocycles. The third-order valence-electron chi connectivity index (χ3n) is 6.23. The summed E-state index contributed by atoms with van der Waals surface area (Å²) in [5, 5.41) is 2.92. The van der Waals surface area contributed by atoms with Gasteiger partial charge in [-0.1, -0.05) is 29.8 Å². The van der Waals surface area contributed by atoms with E-state index in [0.717, 1.165) is 35.9 Å². The van der Waals surface area contributed by atoms with Crippen LogP contribution in [0.15, 0.2) is 65.2 Å². The summed E-state index contributed by atoms with van der Waals surface area (Å²) in [6, 6.07) is 16.2. The SMILES string of the molecule is O=C1Nc2ccccc2C1C=Nc1ccc(N2CCC3CCCC=C3C2)cc1. The molecule has 2 atom stereocenters. The van der Waals surface area contributed by atoms with Gasteiger partial charge in [0.15, 0.2) is 0 Å². The quantitative estimate of drug-likeness (QED) is 0.605. The summed E-state index contributed by atoms with van der Waals surface area (Å²) in [6.07, 6.45) is 9.45. The molecule has 2 heterocycles. The van der Waals surface area contributed by atoms with Crippen LogP contribution in [0.3, 0.4) is 0 Å². The number of piperidine rings is 1. The van der Waals surface area contributed by atoms with Crippen molar-refractivity contribution >= 4 is 29.2 Å². The van der Waals surface area contributed by atoms with Gasteiger partial charge in [-0.2, -0.15) is 0 Å². The second-order valence-electron chi connectivity index (χ2n) is 7.97. The van der Waals surface area contributed by atoms with Crippen molar-refractivity contribution in [3.8, 4) is 0 Å². The average Bonchev–Trinajstić information content (AvgIpc) is 3.07. The van der Waals surface area contributed by atoms with Crippen molar-refractivity contribution in [2.45, 2.75) is 31.6 Å². The first kappa shape index (κ1) is 17.2. The molecule has 1 amide bonds. The fraction of sp³-hybridized carbons (Fsp3) is 0.333. The van der Waals surface area contributed by atoms with E-state index in [1.54, 1.807) is 11.8 Å². The van der Waals surface area contributed by atoms with Gasteiger partial charge in [-0.3, -0.25) is 9.79 Å². The number of rotatable bonds is 3. The van der Waals surface area contributed by atoms with Crippen LogP contribution in [0.2, 0.25) is 0 Å². The minimum atomic E-state index is -0.312. The fourth-order valence-corrected chi connectivity index (χ4v) is 4.65. The van der Waals surface area contributed by atoms with Crippen LogP contribution in [0.4, 0.5) is 17.1 Å². The molecular formula is C24H25N3O. The van der Waals surface area contributed by atoms with Gasteiger partial charge in [0.25, 0.3) is 0 Å². The number of amides is 1. The zero-order valence-electron chi connectivity index (χ0n) is 16.0. The Bertz CT molecular complexity index is 945. The van der Waals surface area contributed by atoms with Gasteiger partial charge in [-0.25, -0.2) is 0 Å². The van der Waals surface area contributed by atoms with Crippen LogP contribution >= 0.6 is 0 Å². The molecule has 2 unspecified atom stereocenters. The standard InChI is InChI=1S/C24H25N3O/c28-24-22(21-7-3-4-8-23(21)26-24)15-25-19-9-11-20(12-10-19)27-14-13-17-5-1-2-6-18(17)16-27/h3-4,6-12,15,17,22H,1-2,5,13-14,16H2,(H,26,28). The second-order valence-corrected chi connectivity index (χ2v) is 7.97. The van der Waals surface area contributed by atoms with Crippen molar-refractivity contribution in [2.75, 3.05) is 23.3 Å². The highest BCUT2D eigenvalue weighted by molar-refractivity contribution is 6.12. The summed E-state index contributed by atoms with van der Waals surface area (Å²) in [4.78, 5) is 19.3. The Morgan fingerprint density at radius 1 is 1.07 bits per heavy atom. The highest BCUT2D eigenvalue weighted by Gasteiger charge is 2.28. The van der Waals surface area contributed by atoms with Crippen molar-refractivity contribution in [1.82, 2.24) is 0 Å². The Morgan fingerprint density at radius 3 is 2.82 bits per heavy atom. The van der Waals surface area contributed by atoms with Crippen LogP contribution < -0.4 is 10.2 Å². The van der Waals surface area contributed by atoms with E-state index in [0.29, 0.717) is 0 Å². The van der Waals surface area contributed by atoms with Crippen molar-refractivity contribution in [3.63, 3.8) is 0 Å². The minimum Gasteiger partial charge on any atom is -0.368 e. The van der Waals surface area contributed by atoms with Crippen LogP contribution in [0.5, 0.6) is 0 Å². The van der Waals surface area contributed by atoms with Crippen LogP contribution in [-0.4, -0.2) is 25.2 Å². The van der Waals surface area contributed by atoms with Crippen LogP contribution in [-0.2, 0) is 4.79 Å². The normalized spacial score (nSPS) is 23.9. The van der Waals surface area contributed by atoms with E-state index in [1.807, 2.05) is 36.4 Å². The molecule has 1 aliphatic carbocycles. The first-order valence-electron chi connectivity index (χ1n) is 10.3. The zero-order valence-corrected chi connectivity index (χ0v) is 16.0. The van der Waals surface area contributed by atoms with Gasteiger partial charge < -0.3 is 10.2 Å². The maximum Gasteiger partial charge on any atom is 0.237 e. The number of para-hydroxylation sites is 1. The van der Waals surface area contributed by atoms with Gasteiger partial charge in [0.1, 0.15) is 5.92 Å². The number of allylic oxidation sites excluding steroid dienone is 1. The summed E-state index contributed by atoms with van der Waals surface area (Å²) in [6.45, 7) is 2.19. The van der Waals surface area contributed by atoms with E-state index < -0.39 is 0 Å². The molecule has 142 valence electrons. The van der Waals surface area contributed by atoms with Crippen LogP contribution in [0, 0.1) is 5.92 Å². The Morgan fingerprint density at radius 2 is 1.93 bits per heavy atom. The lowest BCUT2D eigenvalue weighted by Gasteiger charge is -2.37. The number of carbonyl (C=O) groups is 1. The topological polar surface area (TPSA) is 44.7 Å². The number of nitrogens with one attached hydrogen (secondary N) is 1. The maximum atomic E-state index is 12.2. The zero-order chi connectivity index (χ0) is 18.9. The summed E-state index contributed by atoms with van der Waals surface area (Å²) in [5.41, 5.74) is 5.65. The molecule has 0 spiro atoms.